The zero-order valence-electron chi connectivity index (χ0n) is 13.8. The van der Waals surface area contributed by atoms with Crippen molar-refractivity contribution in [3.05, 3.63) is 24.3 Å². The first-order valence-corrected chi connectivity index (χ1v) is 9.18. The van der Waals surface area contributed by atoms with Crippen molar-refractivity contribution in [1.82, 2.24) is 0 Å². The Labute approximate surface area is 133 Å². The molecule has 0 aromatic heterocycles. The van der Waals surface area contributed by atoms with Gasteiger partial charge >= 0.3 is 7.12 Å². The normalized spacial score (nSPS) is 20.1. The van der Waals surface area contributed by atoms with Gasteiger partial charge in [-0.3, -0.25) is 4.72 Å². The van der Waals surface area contributed by atoms with Crippen LogP contribution in [0.4, 0.5) is 5.69 Å². The summed E-state index contributed by atoms with van der Waals surface area (Å²) < 4.78 is 38.3. The number of nitrogens with one attached hydrogen (secondary N) is 1. The predicted octanol–water partition coefficient (Wildman–Crippen LogP) is 2.14. The van der Waals surface area contributed by atoms with E-state index in [0.29, 0.717) is 12.1 Å². The molecule has 2 rings (SSSR count). The summed E-state index contributed by atoms with van der Waals surface area (Å²) in [7, 11) is -3.80. The number of hydrogen-bond donors (Lipinski definition) is 1. The van der Waals surface area contributed by atoms with Crippen molar-refractivity contribution in [2.24, 2.45) is 0 Å². The Morgan fingerprint density at radius 1 is 1.14 bits per heavy atom. The van der Waals surface area contributed by atoms with Crippen LogP contribution < -0.4 is 10.2 Å². The van der Waals surface area contributed by atoms with Gasteiger partial charge in [-0.2, -0.15) is 0 Å². The molecule has 1 fully saturated rings. The molecule has 122 valence electrons. The predicted molar refractivity (Wildman–Crippen MR) is 89.9 cm³/mol. The van der Waals surface area contributed by atoms with E-state index in [0.717, 1.165) is 5.46 Å². The molecule has 22 heavy (non-hydrogen) atoms. The fraction of sp³-hybridized carbons (Fsp3) is 0.600. The molecule has 1 heterocycles. The van der Waals surface area contributed by atoms with E-state index in [9.17, 15) is 8.42 Å². The second kappa shape index (κ2) is 5.87. The van der Waals surface area contributed by atoms with Gasteiger partial charge in [0.1, 0.15) is 0 Å². The standard InChI is InChI=1S/C15H24BNO4S/c1-6-10-22(18,19)17-13-9-7-8-12(11-13)16-20-14(2,3)15(4,5)21-16/h7-9,11,17H,6,10H2,1-5H3. The average Bonchev–Trinajstić information content (AvgIpc) is 2.58. The number of rotatable bonds is 5. The lowest BCUT2D eigenvalue weighted by atomic mass is 9.79. The zero-order chi connectivity index (χ0) is 16.6. The molecule has 1 N–H and O–H groups in total. The molecular formula is C15H24BNO4S. The second-order valence-electron chi connectivity index (χ2n) is 6.63. The van der Waals surface area contributed by atoms with Gasteiger partial charge in [-0.15, -0.1) is 0 Å². The SMILES string of the molecule is CCCS(=O)(=O)Nc1cccc(B2OC(C)(C)C(C)(C)O2)c1. The van der Waals surface area contributed by atoms with Gasteiger partial charge in [-0.1, -0.05) is 19.1 Å². The lowest BCUT2D eigenvalue weighted by molar-refractivity contribution is 0.00578. The molecule has 1 aromatic carbocycles. The maximum atomic E-state index is 11.9. The summed E-state index contributed by atoms with van der Waals surface area (Å²) in [5.74, 6) is 0.105. The summed E-state index contributed by atoms with van der Waals surface area (Å²) in [6.07, 6.45) is 0.576. The van der Waals surface area contributed by atoms with Crippen LogP contribution in [0.2, 0.25) is 0 Å². The van der Waals surface area contributed by atoms with E-state index < -0.39 is 28.3 Å². The van der Waals surface area contributed by atoms with Gasteiger partial charge in [-0.05, 0) is 51.7 Å². The van der Waals surface area contributed by atoms with Crippen LogP contribution in [0.15, 0.2) is 24.3 Å². The smallest absolute Gasteiger partial charge is 0.399 e. The van der Waals surface area contributed by atoms with Gasteiger partial charge in [0, 0.05) is 5.69 Å². The fourth-order valence-corrected chi connectivity index (χ4v) is 3.35. The molecule has 1 aliphatic rings. The van der Waals surface area contributed by atoms with Crippen molar-refractivity contribution in [2.45, 2.75) is 52.2 Å². The molecular weight excluding hydrogens is 301 g/mol. The van der Waals surface area contributed by atoms with Crippen molar-refractivity contribution in [3.8, 4) is 0 Å². The number of hydrogen-bond acceptors (Lipinski definition) is 4. The summed E-state index contributed by atoms with van der Waals surface area (Å²) in [4.78, 5) is 0. The lowest BCUT2D eigenvalue weighted by Crippen LogP contribution is -2.41. The molecule has 0 aliphatic carbocycles. The van der Waals surface area contributed by atoms with Crippen LogP contribution in [-0.2, 0) is 19.3 Å². The van der Waals surface area contributed by atoms with Crippen LogP contribution in [0, 0.1) is 0 Å². The first-order chi connectivity index (χ1) is 10.1. The van der Waals surface area contributed by atoms with Gasteiger partial charge in [0.15, 0.2) is 0 Å². The Kier molecular flexibility index (Phi) is 4.62. The van der Waals surface area contributed by atoms with Crippen LogP contribution in [0.1, 0.15) is 41.0 Å². The van der Waals surface area contributed by atoms with Crippen molar-refractivity contribution in [3.63, 3.8) is 0 Å². The van der Waals surface area contributed by atoms with E-state index in [1.54, 1.807) is 18.2 Å². The summed E-state index contributed by atoms with van der Waals surface area (Å²) in [5, 5.41) is 0. The maximum Gasteiger partial charge on any atom is 0.494 e. The lowest BCUT2D eigenvalue weighted by Gasteiger charge is -2.32. The number of sulfonamides is 1. The molecule has 0 amide bonds. The molecule has 0 unspecified atom stereocenters. The molecule has 0 saturated carbocycles. The molecule has 1 aliphatic heterocycles. The fourth-order valence-electron chi connectivity index (χ4n) is 2.23. The van der Waals surface area contributed by atoms with Crippen LogP contribution in [0.5, 0.6) is 0 Å². The highest BCUT2D eigenvalue weighted by Gasteiger charge is 2.51. The summed E-state index contributed by atoms with van der Waals surface area (Å²) >= 11 is 0. The van der Waals surface area contributed by atoms with Gasteiger partial charge < -0.3 is 9.31 Å². The maximum absolute atomic E-state index is 11.9. The highest BCUT2D eigenvalue weighted by molar-refractivity contribution is 7.92. The monoisotopic (exact) mass is 325 g/mol. The van der Waals surface area contributed by atoms with E-state index in [2.05, 4.69) is 4.72 Å². The topological polar surface area (TPSA) is 64.6 Å². The second-order valence-corrected chi connectivity index (χ2v) is 8.48. The third kappa shape index (κ3) is 3.64. The molecule has 1 aromatic rings. The third-order valence-corrected chi connectivity index (χ3v) is 5.65. The highest BCUT2D eigenvalue weighted by Crippen LogP contribution is 2.36. The number of benzene rings is 1. The van der Waals surface area contributed by atoms with Crippen molar-refractivity contribution < 1.29 is 17.7 Å². The van der Waals surface area contributed by atoms with E-state index in [1.165, 1.54) is 0 Å². The van der Waals surface area contributed by atoms with Crippen LogP contribution in [0.3, 0.4) is 0 Å². The Morgan fingerprint density at radius 2 is 1.73 bits per heavy atom. The van der Waals surface area contributed by atoms with Gasteiger partial charge in [0.25, 0.3) is 0 Å². The molecule has 5 nitrogen and oxygen atoms in total. The first-order valence-electron chi connectivity index (χ1n) is 7.52. The van der Waals surface area contributed by atoms with E-state index in [1.807, 2.05) is 40.7 Å². The van der Waals surface area contributed by atoms with E-state index in [-0.39, 0.29) is 5.75 Å². The molecule has 0 spiro atoms. The van der Waals surface area contributed by atoms with Gasteiger partial charge in [0.2, 0.25) is 10.0 Å². The zero-order valence-corrected chi connectivity index (χ0v) is 14.7. The molecule has 0 bridgehead atoms. The average molecular weight is 325 g/mol. The van der Waals surface area contributed by atoms with Crippen LogP contribution in [-0.4, -0.2) is 32.5 Å². The Morgan fingerprint density at radius 3 is 2.27 bits per heavy atom. The van der Waals surface area contributed by atoms with E-state index in [4.69, 9.17) is 9.31 Å². The highest BCUT2D eigenvalue weighted by atomic mass is 32.2. The quantitative estimate of drug-likeness (QED) is 0.843. The minimum absolute atomic E-state index is 0.105. The summed E-state index contributed by atoms with van der Waals surface area (Å²) in [5.41, 5.74) is 0.487. The molecule has 1 saturated heterocycles. The third-order valence-electron chi connectivity index (χ3n) is 4.16. The van der Waals surface area contributed by atoms with Crippen molar-refractivity contribution in [2.75, 3.05) is 10.5 Å². The van der Waals surface area contributed by atoms with Gasteiger partial charge in [0.05, 0.1) is 17.0 Å². The van der Waals surface area contributed by atoms with Gasteiger partial charge in [-0.25, -0.2) is 8.42 Å². The van der Waals surface area contributed by atoms with Crippen molar-refractivity contribution >= 4 is 28.3 Å². The largest absolute Gasteiger partial charge is 0.494 e. The first kappa shape index (κ1) is 17.3. The Hall–Kier alpha value is -1.05. The van der Waals surface area contributed by atoms with Crippen LogP contribution in [0.25, 0.3) is 0 Å². The summed E-state index contributed by atoms with van der Waals surface area (Å²) in [6.45, 7) is 9.78. The number of anilines is 1. The minimum Gasteiger partial charge on any atom is -0.399 e. The molecule has 0 radical (unpaired) electrons. The molecule has 7 heteroatoms. The van der Waals surface area contributed by atoms with Crippen molar-refractivity contribution in [1.29, 1.82) is 0 Å². The van der Waals surface area contributed by atoms with Crippen LogP contribution >= 0.6 is 0 Å². The Balaban J connectivity index is 2.20. The molecule has 0 atom stereocenters. The summed E-state index contributed by atoms with van der Waals surface area (Å²) in [6, 6.07) is 7.15. The Bertz CT molecular complexity index is 627. The van der Waals surface area contributed by atoms with E-state index >= 15 is 0 Å². The minimum atomic E-state index is -3.30.